The van der Waals surface area contributed by atoms with Gasteiger partial charge in [-0.15, -0.1) is 0 Å². The topological polar surface area (TPSA) is 60.0 Å². The van der Waals surface area contributed by atoms with E-state index in [-0.39, 0.29) is 0 Å². The molecular weight excluding hydrogens is 386 g/mol. The van der Waals surface area contributed by atoms with Gasteiger partial charge in [-0.2, -0.15) is 5.10 Å². The van der Waals surface area contributed by atoms with Crippen molar-refractivity contribution in [3.8, 4) is 16.9 Å². The van der Waals surface area contributed by atoms with Crippen LogP contribution in [0.4, 0.5) is 0 Å². The molecule has 0 atom stereocenters. The molecule has 2 heterocycles. The minimum atomic E-state index is -0.986. The molecule has 0 aliphatic rings. The number of fused-ring (bicyclic) bond motifs is 3. The molecule has 2 aromatic heterocycles. The van der Waals surface area contributed by atoms with Gasteiger partial charge in [0.25, 0.3) is 0 Å². The average molecular weight is 407 g/mol. The van der Waals surface area contributed by atoms with Gasteiger partial charge in [0, 0.05) is 51.8 Å². The van der Waals surface area contributed by atoms with Crippen LogP contribution >= 0.6 is 0 Å². The zero-order valence-corrected chi connectivity index (χ0v) is 17.1. The predicted octanol–water partition coefficient (Wildman–Crippen LogP) is 5.76. The summed E-state index contributed by atoms with van der Waals surface area (Å²) in [5, 5.41) is 16.3. The van der Waals surface area contributed by atoms with Gasteiger partial charge in [0.1, 0.15) is 0 Å². The molecule has 5 heteroatoms. The van der Waals surface area contributed by atoms with Crippen LogP contribution in [0, 0.1) is 0 Å². The number of nitrogens with zero attached hydrogens (tertiary/aromatic N) is 3. The van der Waals surface area contributed by atoms with Gasteiger partial charge in [-0.1, -0.05) is 42.5 Å². The van der Waals surface area contributed by atoms with Gasteiger partial charge < -0.3 is 9.67 Å². The third-order valence-electron chi connectivity index (χ3n) is 5.53. The summed E-state index contributed by atoms with van der Waals surface area (Å²) in [5.41, 5.74) is 5.76. The second kappa shape index (κ2) is 7.61. The van der Waals surface area contributed by atoms with Crippen LogP contribution in [-0.2, 0) is 11.3 Å². The van der Waals surface area contributed by atoms with Crippen LogP contribution in [-0.4, -0.2) is 25.4 Å². The molecule has 0 aliphatic carbocycles. The fourth-order valence-corrected chi connectivity index (χ4v) is 4.15. The predicted molar refractivity (Wildman–Crippen MR) is 124 cm³/mol. The highest BCUT2D eigenvalue weighted by atomic mass is 16.4. The molecule has 5 nitrogen and oxygen atoms in total. The second-order valence-corrected chi connectivity index (χ2v) is 7.38. The number of benzene rings is 3. The number of carbonyl (C=O) groups is 1. The monoisotopic (exact) mass is 407 g/mol. The van der Waals surface area contributed by atoms with Gasteiger partial charge >= 0.3 is 5.97 Å². The van der Waals surface area contributed by atoms with Gasteiger partial charge in [0.05, 0.1) is 11.4 Å². The number of aromatic nitrogens is 3. The first-order valence-corrected chi connectivity index (χ1v) is 10.2. The van der Waals surface area contributed by atoms with Crippen LogP contribution in [0.15, 0.2) is 85.1 Å². The molecule has 0 radical (unpaired) electrons. The van der Waals surface area contributed by atoms with Crippen molar-refractivity contribution < 1.29 is 9.90 Å². The fourth-order valence-electron chi connectivity index (χ4n) is 4.15. The van der Waals surface area contributed by atoms with Crippen molar-refractivity contribution in [1.82, 2.24) is 14.3 Å². The number of rotatable bonds is 5. The Bertz CT molecular complexity index is 1440. The Balaban J connectivity index is 1.72. The summed E-state index contributed by atoms with van der Waals surface area (Å²) in [4.78, 5) is 11.1. The Morgan fingerprint density at radius 1 is 0.968 bits per heavy atom. The number of aliphatic carboxylic acids is 1. The Morgan fingerprint density at radius 2 is 1.71 bits per heavy atom. The average Bonchev–Trinajstić information content (AvgIpc) is 3.37. The summed E-state index contributed by atoms with van der Waals surface area (Å²) < 4.78 is 4.10. The van der Waals surface area contributed by atoms with Crippen LogP contribution in [0.1, 0.15) is 12.5 Å². The van der Waals surface area contributed by atoms with E-state index in [1.807, 2.05) is 36.5 Å². The van der Waals surface area contributed by atoms with E-state index >= 15 is 0 Å². The second-order valence-electron chi connectivity index (χ2n) is 7.38. The zero-order valence-electron chi connectivity index (χ0n) is 17.1. The van der Waals surface area contributed by atoms with Gasteiger partial charge in [-0.3, -0.25) is 0 Å². The van der Waals surface area contributed by atoms with Crippen LogP contribution in [0.3, 0.4) is 0 Å². The van der Waals surface area contributed by atoms with E-state index < -0.39 is 5.97 Å². The zero-order chi connectivity index (χ0) is 21.4. The van der Waals surface area contributed by atoms with E-state index in [1.165, 1.54) is 16.4 Å². The third-order valence-corrected chi connectivity index (χ3v) is 5.53. The van der Waals surface area contributed by atoms with Crippen molar-refractivity contribution in [2.75, 3.05) is 0 Å². The molecular formula is C26H21N3O2. The van der Waals surface area contributed by atoms with Gasteiger partial charge in [-0.25, -0.2) is 9.48 Å². The summed E-state index contributed by atoms with van der Waals surface area (Å²) in [6, 6.07) is 24.5. The lowest BCUT2D eigenvalue weighted by molar-refractivity contribution is -0.131. The first-order chi connectivity index (χ1) is 15.2. The van der Waals surface area contributed by atoms with E-state index in [2.05, 4.69) is 54.0 Å². The molecule has 152 valence electrons. The van der Waals surface area contributed by atoms with E-state index in [9.17, 15) is 4.79 Å². The molecule has 31 heavy (non-hydrogen) atoms. The SMILES string of the molecule is CCn1c2ccccc2c2cc(-c3nn(-c4ccccc4)cc3/C=C/C(=O)O)ccc21. The number of hydrogen-bond donors (Lipinski definition) is 1. The minimum absolute atomic E-state index is 0.747. The molecule has 0 bridgehead atoms. The molecule has 3 aromatic carbocycles. The summed E-state index contributed by atoms with van der Waals surface area (Å²) in [7, 11) is 0. The lowest BCUT2D eigenvalue weighted by atomic mass is 10.0. The van der Waals surface area contributed by atoms with Crippen molar-refractivity contribution in [2.45, 2.75) is 13.5 Å². The maximum Gasteiger partial charge on any atom is 0.328 e. The van der Waals surface area contributed by atoms with Crippen LogP contribution in [0.2, 0.25) is 0 Å². The molecule has 0 spiro atoms. The van der Waals surface area contributed by atoms with Gasteiger partial charge in [0.2, 0.25) is 0 Å². The normalized spacial score (nSPS) is 11.6. The molecule has 5 aromatic rings. The Morgan fingerprint density at radius 3 is 2.48 bits per heavy atom. The molecule has 5 rings (SSSR count). The lowest BCUT2D eigenvalue weighted by Gasteiger charge is -2.04. The Hall–Kier alpha value is -4.12. The summed E-state index contributed by atoms with van der Waals surface area (Å²) >= 11 is 0. The van der Waals surface area contributed by atoms with Crippen molar-refractivity contribution in [3.63, 3.8) is 0 Å². The Labute approximate surface area is 179 Å². The lowest BCUT2D eigenvalue weighted by Crippen LogP contribution is -1.94. The molecule has 0 amide bonds. The van der Waals surface area contributed by atoms with Crippen molar-refractivity contribution in [2.24, 2.45) is 0 Å². The number of hydrogen-bond acceptors (Lipinski definition) is 2. The van der Waals surface area contributed by atoms with E-state index in [1.54, 1.807) is 10.8 Å². The highest BCUT2D eigenvalue weighted by Crippen LogP contribution is 2.33. The van der Waals surface area contributed by atoms with Crippen molar-refractivity contribution in [1.29, 1.82) is 0 Å². The Kier molecular flexibility index (Phi) is 4.64. The number of aryl methyl sites for hydroxylation is 1. The first-order valence-electron chi connectivity index (χ1n) is 10.2. The number of carboxylic acids is 1. The summed E-state index contributed by atoms with van der Waals surface area (Å²) in [6.45, 7) is 3.04. The van der Waals surface area contributed by atoms with Crippen molar-refractivity contribution >= 4 is 33.9 Å². The largest absolute Gasteiger partial charge is 0.478 e. The first kappa shape index (κ1) is 18.9. The standard InChI is InChI=1S/C26H21N3O2/c1-2-28-23-11-7-6-10-21(23)22-16-18(12-14-24(22)28)26-19(13-15-25(30)31)17-29(27-26)20-8-4-3-5-9-20/h3-17H,2H2,1H3,(H,30,31)/b15-13+. The van der Waals surface area contributed by atoms with Gasteiger partial charge in [0.15, 0.2) is 0 Å². The number of para-hydroxylation sites is 2. The molecule has 0 unspecified atom stereocenters. The number of carboxylic acid groups (broad SMARTS) is 1. The molecule has 0 saturated carbocycles. The smallest absolute Gasteiger partial charge is 0.328 e. The molecule has 1 N–H and O–H groups in total. The van der Waals surface area contributed by atoms with Crippen LogP contribution < -0.4 is 0 Å². The molecule has 0 aliphatic heterocycles. The van der Waals surface area contributed by atoms with Crippen LogP contribution in [0.25, 0.3) is 44.8 Å². The van der Waals surface area contributed by atoms with Crippen molar-refractivity contribution in [3.05, 3.63) is 90.6 Å². The highest BCUT2D eigenvalue weighted by Gasteiger charge is 2.15. The van der Waals surface area contributed by atoms with E-state index in [0.717, 1.165) is 40.5 Å². The fraction of sp³-hybridized carbons (Fsp3) is 0.0769. The highest BCUT2D eigenvalue weighted by molar-refractivity contribution is 6.09. The van der Waals surface area contributed by atoms with E-state index in [4.69, 9.17) is 10.2 Å². The molecule has 0 fully saturated rings. The van der Waals surface area contributed by atoms with Crippen LogP contribution in [0.5, 0.6) is 0 Å². The minimum Gasteiger partial charge on any atom is -0.478 e. The van der Waals surface area contributed by atoms with E-state index in [0.29, 0.717) is 0 Å². The maximum absolute atomic E-state index is 11.1. The summed E-state index contributed by atoms with van der Waals surface area (Å²) in [6.07, 6.45) is 4.62. The summed E-state index contributed by atoms with van der Waals surface area (Å²) in [5.74, 6) is -0.986. The molecule has 0 saturated heterocycles. The van der Waals surface area contributed by atoms with Gasteiger partial charge in [-0.05, 0) is 43.3 Å². The third kappa shape index (κ3) is 3.30. The quantitative estimate of drug-likeness (QED) is 0.377. The maximum atomic E-state index is 11.1.